The van der Waals surface area contributed by atoms with Crippen LogP contribution in [0, 0.1) is 5.41 Å². The van der Waals surface area contributed by atoms with Crippen molar-refractivity contribution in [3.05, 3.63) is 30.4 Å². The van der Waals surface area contributed by atoms with Crippen LogP contribution in [0.4, 0.5) is 0 Å². The first-order chi connectivity index (χ1) is 12.6. The molecule has 0 bridgehead atoms. The number of nitrogens with one attached hydrogen (secondary N) is 2. The number of likely N-dealkylation sites (tertiary alicyclic amines) is 1. The topological polar surface area (TPSA) is 145 Å². The molecule has 1 fully saturated rings. The number of aliphatic hydroxyl groups excluding tert-OH is 1. The zero-order valence-corrected chi connectivity index (χ0v) is 13.8. The number of ether oxygens (including phenoxy) is 1. The predicted octanol–water partition coefficient (Wildman–Crippen LogP) is -0.217. The Kier molecular flexibility index (Phi) is 5.23. The maximum Gasteiger partial charge on any atom is 0.326 e. The van der Waals surface area contributed by atoms with Crippen LogP contribution >= 0.6 is 0 Å². The number of rotatable bonds is 6. The Hall–Kier alpha value is -3.27. The summed E-state index contributed by atoms with van der Waals surface area (Å²) in [4.78, 5) is 25.0. The van der Waals surface area contributed by atoms with Crippen molar-refractivity contribution in [3.8, 4) is 11.9 Å². The van der Waals surface area contributed by atoms with Gasteiger partial charge < -0.3 is 30.6 Å². The van der Waals surface area contributed by atoms with Gasteiger partial charge in [-0.2, -0.15) is 9.97 Å². The molecule has 1 aliphatic rings. The van der Waals surface area contributed by atoms with Crippen molar-refractivity contribution in [1.82, 2.24) is 25.2 Å². The van der Waals surface area contributed by atoms with Gasteiger partial charge in [0.15, 0.2) is 5.76 Å². The van der Waals surface area contributed by atoms with Gasteiger partial charge in [0.1, 0.15) is 6.61 Å². The van der Waals surface area contributed by atoms with Crippen molar-refractivity contribution in [1.29, 1.82) is 5.41 Å². The van der Waals surface area contributed by atoms with E-state index >= 15 is 0 Å². The highest BCUT2D eigenvalue weighted by atomic mass is 16.5. The number of amides is 1. The smallest absolute Gasteiger partial charge is 0.326 e. The molecule has 4 N–H and O–H groups in total. The van der Waals surface area contributed by atoms with Crippen LogP contribution < -0.4 is 10.1 Å². The summed E-state index contributed by atoms with van der Waals surface area (Å²) in [5.74, 6) is -0.409. The summed E-state index contributed by atoms with van der Waals surface area (Å²) < 4.78 is 5.43. The molecule has 3 heterocycles. The minimum absolute atomic E-state index is 0.0147. The number of carbonyl (C=O) groups excluding carboxylic acids is 1. The number of hydrogen-bond donors (Lipinski definition) is 4. The number of allylic oxidation sites excluding steroid dienone is 1. The first-order valence-electron chi connectivity index (χ1n) is 7.94. The molecule has 0 aliphatic carbocycles. The van der Waals surface area contributed by atoms with Crippen LogP contribution in [0.25, 0.3) is 10.9 Å². The lowest BCUT2D eigenvalue weighted by atomic mass is 10.3. The third-order valence-electron chi connectivity index (χ3n) is 3.95. The summed E-state index contributed by atoms with van der Waals surface area (Å²) in [6.07, 6.45) is 6.17. The number of pyridine rings is 1. The lowest BCUT2D eigenvalue weighted by Gasteiger charge is -2.15. The van der Waals surface area contributed by atoms with Crippen LogP contribution in [0.5, 0.6) is 11.9 Å². The second-order valence-electron chi connectivity index (χ2n) is 5.67. The lowest BCUT2D eigenvalue weighted by Crippen LogP contribution is -2.34. The Morgan fingerprint density at radius 3 is 3.12 bits per heavy atom. The second-order valence-corrected chi connectivity index (χ2v) is 5.67. The van der Waals surface area contributed by atoms with Gasteiger partial charge in [-0.15, -0.1) is 0 Å². The molecule has 1 atom stereocenters. The number of aromatic hydroxyl groups is 1. The average Bonchev–Trinajstić information content (AvgIpc) is 3.13. The Morgan fingerprint density at radius 2 is 2.35 bits per heavy atom. The number of carbonyl (C=O) groups is 1. The van der Waals surface area contributed by atoms with Gasteiger partial charge in [-0.3, -0.25) is 9.78 Å². The standard InChI is InChI=1S/C16H18N6O4/c17-5-11(6-19-10-2-4-22(8-10)14(24)9-23)26-16-20-13-7-18-3-1-12(13)15(25)21-16/h1,3,5-7,10,17,19,23H,2,4,8-9H2,(H,20,21,25)/b11-6+,17-5?/t10-/m0/s1. The van der Waals surface area contributed by atoms with E-state index in [2.05, 4.69) is 20.3 Å². The molecule has 0 spiro atoms. The maximum atomic E-state index is 11.5. The number of nitrogens with zero attached hydrogens (tertiary/aromatic N) is 4. The Morgan fingerprint density at radius 1 is 1.50 bits per heavy atom. The molecule has 3 rings (SSSR count). The van der Waals surface area contributed by atoms with Crippen LogP contribution in [-0.2, 0) is 4.79 Å². The van der Waals surface area contributed by atoms with Crippen LogP contribution in [0.2, 0.25) is 0 Å². The summed E-state index contributed by atoms with van der Waals surface area (Å²) in [6, 6.07) is 1.46. The van der Waals surface area contributed by atoms with Crippen molar-refractivity contribution in [3.63, 3.8) is 0 Å². The van der Waals surface area contributed by atoms with E-state index in [0.29, 0.717) is 30.4 Å². The van der Waals surface area contributed by atoms with E-state index in [4.69, 9.17) is 15.3 Å². The van der Waals surface area contributed by atoms with E-state index in [1.165, 1.54) is 18.6 Å². The highest BCUT2D eigenvalue weighted by Crippen LogP contribution is 2.23. The molecule has 1 saturated heterocycles. The average molecular weight is 358 g/mol. The second kappa shape index (κ2) is 7.74. The molecule has 10 nitrogen and oxygen atoms in total. The van der Waals surface area contributed by atoms with Crippen LogP contribution in [0.15, 0.2) is 30.4 Å². The molecule has 0 unspecified atom stereocenters. The molecule has 0 saturated carbocycles. The largest absolute Gasteiger partial charge is 0.493 e. The molecule has 1 aliphatic heterocycles. The third kappa shape index (κ3) is 3.86. The molecule has 0 radical (unpaired) electrons. The zero-order valence-electron chi connectivity index (χ0n) is 13.8. The van der Waals surface area contributed by atoms with Gasteiger partial charge in [0, 0.05) is 31.5 Å². The van der Waals surface area contributed by atoms with E-state index in [-0.39, 0.29) is 29.6 Å². The SMILES string of the molecule is N=C/C(=C\N[C@H]1CCN(C(=O)CO)C1)Oc1nc(O)c2ccncc2n1. The Bertz CT molecular complexity index is 856. The number of aliphatic hydroxyl groups is 1. The molecule has 0 aromatic carbocycles. The number of fused-ring (bicyclic) bond motifs is 1. The van der Waals surface area contributed by atoms with E-state index in [0.717, 1.165) is 6.21 Å². The van der Waals surface area contributed by atoms with Gasteiger partial charge in [0.05, 0.1) is 23.3 Å². The van der Waals surface area contributed by atoms with Crippen molar-refractivity contribution >= 4 is 23.0 Å². The van der Waals surface area contributed by atoms with Gasteiger partial charge in [-0.25, -0.2) is 0 Å². The van der Waals surface area contributed by atoms with E-state index in [1.807, 2.05) is 0 Å². The normalized spacial score (nSPS) is 17.3. The quantitative estimate of drug-likeness (QED) is 0.410. The summed E-state index contributed by atoms with van der Waals surface area (Å²) in [5.41, 5.74) is 0.418. The molecule has 2 aromatic rings. The fraction of sp³-hybridized carbons (Fsp3) is 0.312. The summed E-state index contributed by atoms with van der Waals surface area (Å²) >= 11 is 0. The van der Waals surface area contributed by atoms with Gasteiger partial charge in [-0.1, -0.05) is 0 Å². The van der Waals surface area contributed by atoms with Crippen LogP contribution in [0.3, 0.4) is 0 Å². The minimum Gasteiger partial charge on any atom is -0.493 e. The minimum atomic E-state index is -0.505. The van der Waals surface area contributed by atoms with E-state index in [1.54, 1.807) is 11.0 Å². The molecule has 1 amide bonds. The highest BCUT2D eigenvalue weighted by Gasteiger charge is 2.24. The molecule has 2 aromatic heterocycles. The zero-order chi connectivity index (χ0) is 18.5. The van der Waals surface area contributed by atoms with Gasteiger partial charge in [-0.05, 0) is 12.5 Å². The number of hydrogen-bond acceptors (Lipinski definition) is 9. The maximum absolute atomic E-state index is 11.5. The highest BCUT2D eigenvalue weighted by molar-refractivity contribution is 5.82. The fourth-order valence-electron chi connectivity index (χ4n) is 2.62. The lowest BCUT2D eigenvalue weighted by molar-refractivity contribution is -0.133. The summed E-state index contributed by atoms with van der Waals surface area (Å²) in [5, 5.41) is 29.8. The van der Waals surface area contributed by atoms with E-state index < -0.39 is 6.61 Å². The van der Waals surface area contributed by atoms with Gasteiger partial charge in [0.2, 0.25) is 11.8 Å². The third-order valence-corrected chi connectivity index (χ3v) is 3.95. The Labute approximate surface area is 148 Å². The predicted molar refractivity (Wildman–Crippen MR) is 91.7 cm³/mol. The van der Waals surface area contributed by atoms with Crippen molar-refractivity contribution in [2.45, 2.75) is 12.5 Å². The monoisotopic (exact) mass is 358 g/mol. The molecule has 136 valence electrons. The summed E-state index contributed by atoms with van der Waals surface area (Å²) in [7, 11) is 0. The molecular formula is C16H18N6O4. The Balaban J connectivity index is 1.67. The van der Waals surface area contributed by atoms with Crippen molar-refractivity contribution < 1.29 is 19.7 Å². The van der Waals surface area contributed by atoms with Gasteiger partial charge >= 0.3 is 6.01 Å². The molecule has 10 heteroatoms. The van der Waals surface area contributed by atoms with Gasteiger partial charge in [0.25, 0.3) is 0 Å². The summed E-state index contributed by atoms with van der Waals surface area (Å²) in [6.45, 7) is 0.509. The first-order valence-corrected chi connectivity index (χ1v) is 7.94. The first kappa shape index (κ1) is 17.5. The van der Waals surface area contributed by atoms with Crippen LogP contribution in [0.1, 0.15) is 6.42 Å². The fourth-order valence-corrected chi connectivity index (χ4v) is 2.62. The number of aromatic nitrogens is 3. The van der Waals surface area contributed by atoms with Crippen LogP contribution in [-0.4, -0.2) is 67.9 Å². The van der Waals surface area contributed by atoms with Crippen molar-refractivity contribution in [2.24, 2.45) is 0 Å². The van der Waals surface area contributed by atoms with E-state index in [9.17, 15) is 9.90 Å². The van der Waals surface area contributed by atoms with Crippen molar-refractivity contribution in [2.75, 3.05) is 19.7 Å². The molecular weight excluding hydrogens is 340 g/mol. The molecule has 26 heavy (non-hydrogen) atoms.